The van der Waals surface area contributed by atoms with Crippen LogP contribution in [-0.2, 0) is 6.42 Å². The van der Waals surface area contributed by atoms with Crippen molar-refractivity contribution < 1.29 is 17.9 Å². The van der Waals surface area contributed by atoms with Gasteiger partial charge in [-0.15, -0.1) is 37.2 Å². The number of alkyl halides is 2. The minimum Gasteiger partial charge on any atom is -0.487 e. The van der Waals surface area contributed by atoms with Crippen LogP contribution in [-0.4, -0.2) is 55.1 Å². The quantitative estimate of drug-likeness (QED) is 0.216. The molecule has 5 rings (SSSR count). The highest BCUT2D eigenvalue weighted by atomic mass is 35.5. The monoisotopic (exact) mass is 599 g/mol. The molecule has 2 heterocycles. The van der Waals surface area contributed by atoms with Crippen LogP contribution in [0, 0.1) is 5.82 Å². The molecule has 1 fully saturated rings. The fraction of sp³-hybridized carbons (Fsp3) is 0.276. The van der Waals surface area contributed by atoms with E-state index in [2.05, 4.69) is 34.1 Å². The lowest BCUT2D eigenvalue weighted by Crippen LogP contribution is -2.51. The first-order valence-corrected chi connectivity index (χ1v) is 12.1. The van der Waals surface area contributed by atoms with Gasteiger partial charge in [-0.05, 0) is 66.1 Å². The lowest BCUT2D eigenvalue weighted by atomic mass is 10.0. The normalized spacial score (nSPS) is 13.7. The highest BCUT2D eigenvalue weighted by molar-refractivity contribution is 5.86. The maximum absolute atomic E-state index is 14.7. The molecular weight excluding hydrogens is 570 g/mol. The van der Waals surface area contributed by atoms with Crippen LogP contribution in [0.2, 0.25) is 0 Å². The standard InChI is InChI=1S/C29H28F3N3O.3ClH/c30-25-7-3-22(4-8-25)18-23-5-9-26(10-6-23)35-16-14-34(15-17-35)20-29(31,32)21-36-27-11-12-28-24(19-27)2-1-13-33-28;;;/h1-13,19H,14-18,20-21H2;3*1H. The number of pyridine rings is 1. The predicted molar refractivity (Wildman–Crippen MR) is 158 cm³/mol. The lowest BCUT2D eigenvalue weighted by Gasteiger charge is -2.37. The zero-order valence-electron chi connectivity index (χ0n) is 21.1. The number of rotatable bonds is 8. The number of fused-ring (bicyclic) bond motifs is 1. The van der Waals surface area contributed by atoms with Crippen LogP contribution in [0.15, 0.2) is 85.1 Å². The molecule has 1 aromatic heterocycles. The molecule has 0 aliphatic carbocycles. The van der Waals surface area contributed by atoms with Crippen molar-refractivity contribution in [2.75, 3.05) is 44.2 Å². The van der Waals surface area contributed by atoms with E-state index in [9.17, 15) is 13.2 Å². The molecule has 0 spiro atoms. The van der Waals surface area contributed by atoms with Crippen molar-refractivity contribution in [2.45, 2.75) is 12.3 Å². The van der Waals surface area contributed by atoms with Gasteiger partial charge in [0.2, 0.25) is 0 Å². The zero-order valence-corrected chi connectivity index (χ0v) is 23.6. The van der Waals surface area contributed by atoms with E-state index < -0.39 is 12.5 Å². The number of hydrogen-bond donors (Lipinski definition) is 0. The van der Waals surface area contributed by atoms with E-state index in [4.69, 9.17) is 4.74 Å². The highest BCUT2D eigenvalue weighted by Crippen LogP contribution is 2.24. The average Bonchev–Trinajstić information content (AvgIpc) is 2.89. The molecule has 0 saturated carbocycles. The third kappa shape index (κ3) is 8.90. The Hall–Kier alpha value is -2.71. The van der Waals surface area contributed by atoms with Crippen LogP contribution >= 0.6 is 37.2 Å². The van der Waals surface area contributed by atoms with Gasteiger partial charge >= 0.3 is 0 Å². The van der Waals surface area contributed by atoms with Gasteiger partial charge < -0.3 is 9.64 Å². The molecule has 0 N–H and O–H groups in total. The summed E-state index contributed by atoms with van der Waals surface area (Å²) in [6.07, 6.45) is 2.43. The van der Waals surface area contributed by atoms with Gasteiger partial charge in [0, 0.05) is 43.4 Å². The molecule has 0 bridgehead atoms. The molecule has 1 aliphatic heterocycles. The summed E-state index contributed by atoms with van der Waals surface area (Å²) < 4.78 is 47.9. The van der Waals surface area contributed by atoms with Crippen molar-refractivity contribution in [1.82, 2.24) is 9.88 Å². The van der Waals surface area contributed by atoms with E-state index in [-0.39, 0.29) is 49.6 Å². The fourth-order valence-corrected chi connectivity index (χ4v) is 4.53. The van der Waals surface area contributed by atoms with Crippen molar-refractivity contribution in [3.63, 3.8) is 0 Å². The number of benzene rings is 3. The Morgan fingerprint density at radius 2 is 1.44 bits per heavy atom. The van der Waals surface area contributed by atoms with E-state index in [1.807, 2.05) is 12.1 Å². The first-order chi connectivity index (χ1) is 17.4. The van der Waals surface area contributed by atoms with Gasteiger partial charge in [-0.3, -0.25) is 9.88 Å². The molecular formula is C29H31Cl3F3N3O. The van der Waals surface area contributed by atoms with Crippen molar-refractivity contribution in [3.8, 4) is 5.75 Å². The number of nitrogens with zero attached hydrogens (tertiary/aromatic N) is 3. The minimum atomic E-state index is -2.95. The molecule has 1 aliphatic rings. The van der Waals surface area contributed by atoms with E-state index in [0.717, 1.165) is 34.1 Å². The van der Waals surface area contributed by atoms with Crippen LogP contribution in [0.5, 0.6) is 5.75 Å². The van der Waals surface area contributed by atoms with Crippen molar-refractivity contribution >= 4 is 53.8 Å². The summed E-state index contributed by atoms with van der Waals surface area (Å²) in [5, 5.41) is 0.859. The molecule has 4 nitrogen and oxygen atoms in total. The van der Waals surface area contributed by atoms with Crippen LogP contribution in [0.3, 0.4) is 0 Å². The Morgan fingerprint density at radius 3 is 2.10 bits per heavy atom. The third-order valence-electron chi connectivity index (χ3n) is 6.47. The van der Waals surface area contributed by atoms with Gasteiger partial charge in [-0.1, -0.05) is 30.3 Å². The van der Waals surface area contributed by atoms with Gasteiger partial charge in [0.15, 0.2) is 6.61 Å². The summed E-state index contributed by atoms with van der Waals surface area (Å²) >= 11 is 0. The second-order valence-corrected chi connectivity index (χ2v) is 9.24. The van der Waals surface area contributed by atoms with Crippen LogP contribution in [0.25, 0.3) is 10.9 Å². The summed E-state index contributed by atoms with van der Waals surface area (Å²) in [6, 6.07) is 23.7. The van der Waals surface area contributed by atoms with E-state index in [1.165, 1.54) is 12.1 Å². The first-order valence-electron chi connectivity index (χ1n) is 12.1. The Morgan fingerprint density at radius 1 is 0.795 bits per heavy atom. The average molecular weight is 601 g/mol. The molecule has 10 heteroatoms. The Balaban J connectivity index is 0.00000178. The number of halogens is 6. The maximum atomic E-state index is 14.7. The van der Waals surface area contributed by atoms with Crippen LogP contribution < -0.4 is 9.64 Å². The molecule has 1 saturated heterocycles. The summed E-state index contributed by atoms with van der Waals surface area (Å²) in [5.41, 5.74) is 4.09. The van der Waals surface area contributed by atoms with E-state index in [0.29, 0.717) is 31.9 Å². The minimum absolute atomic E-state index is 0. The van der Waals surface area contributed by atoms with E-state index >= 15 is 0 Å². The van der Waals surface area contributed by atoms with Gasteiger partial charge in [0.05, 0.1) is 12.1 Å². The van der Waals surface area contributed by atoms with Gasteiger partial charge in [0.1, 0.15) is 11.6 Å². The second kappa shape index (κ2) is 14.6. The number of ether oxygens (including phenoxy) is 1. The second-order valence-electron chi connectivity index (χ2n) is 9.24. The summed E-state index contributed by atoms with van der Waals surface area (Å²) in [6.45, 7) is 1.52. The Kier molecular flexibility index (Phi) is 12.2. The SMILES string of the molecule is Cl.Cl.Cl.Fc1ccc(Cc2ccc(N3CCN(CC(F)(F)COc4ccc5ncccc5c4)CC3)cc2)cc1. The van der Waals surface area contributed by atoms with Crippen LogP contribution in [0.4, 0.5) is 18.9 Å². The molecule has 0 radical (unpaired) electrons. The summed E-state index contributed by atoms with van der Waals surface area (Å²) in [4.78, 5) is 8.25. The molecule has 0 unspecified atom stereocenters. The van der Waals surface area contributed by atoms with Crippen molar-refractivity contribution in [2.24, 2.45) is 0 Å². The molecule has 0 atom stereocenters. The van der Waals surface area contributed by atoms with Crippen LogP contribution in [0.1, 0.15) is 11.1 Å². The summed E-state index contributed by atoms with van der Waals surface area (Å²) in [7, 11) is 0. The van der Waals surface area contributed by atoms with Crippen molar-refractivity contribution in [3.05, 3.63) is 102 Å². The Labute approximate surface area is 245 Å². The Bertz CT molecular complexity index is 1300. The number of piperazine rings is 1. The number of aromatic nitrogens is 1. The zero-order chi connectivity index (χ0) is 25.0. The molecule has 39 heavy (non-hydrogen) atoms. The maximum Gasteiger partial charge on any atom is 0.293 e. The van der Waals surface area contributed by atoms with E-state index in [1.54, 1.807) is 41.4 Å². The number of anilines is 1. The molecule has 210 valence electrons. The smallest absolute Gasteiger partial charge is 0.293 e. The lowest BCUT2D eigenvalue weighted by molar-refractivity contribution is -0.0659. The topological polar surface area (TPSA) is 28.6 Å². The summed E-state index contributed by atoms with van der Waals surface area (Å²) in [5.74, 6) is -2.77. The predicted octanol–water partition coefficient (Wildman–Crippen LogP) is 7.07. The molecule has 4 aromatic rings. The van der Waals surface area contributed by atoms with Gasteiger partial charge in [-0.25, -0.2) is 13.2 Å². The number of hydrogen-bond acceptors (Lipinski definition) is 4. The fourth-order valence-electron chi connectivity index (χ4n) is 4.53. The highest BCUT2D eigenvalue weighted by Gasteiger charge is 2.34. The van der Waals surface area contributed by atoms with Gasteiger partial charge in [0.25, 0.3) is 5.92 Å². The largest absolute Gasteiger partial charge is 0.487 e. The third-order valence-corrected chi connectivity index (χ3v) is 6.47. The first kappa shape index (κ1) is 32.5. The van der Waals surface area contributed by atoms with Crippen molar-refractivity contribution in [1.29, 1.82) is 0 Å². The molecule has 0 amide bonds. The van der Waals surface area contributed by atoms with Gasteiger partial charge in [-0.2, -0.15) is 0 Å². The molecule has 3 aromatic carbocycles.